The number of alkyl halides is 3. The first-order chi connectivity index (χ1) is 15.4. The third kappa shape index (κ3) is 3.58. The van der Waals surface area contributed by atoms with Crippen LogP contribution < -0.4 is 0 Å². The number of halogens is 3. The quantitative estimate of drug-likeness (QED) is 0.513. The Hall–Kier alpha value is -3.78. The van der Waals surface area contributed by atoms with Crippen LogP contribution in [0.2, 0.25) is 0 Å². The number of hydrogen-bond acceptors (Lipinski definition) is 6. The molecule has 32 heavy (non-hydrogen) atoms. The Morgan fingerprint density at radius 1 is 1.22 bits per heavy atom. The highest BCUT2D eigenvalue weighted by Crippen LogP contribution is 2.36. The fourth-order valence-electron chi connectivity index (χ4n) is 4.16. The highest BCUT2D eigenvalue weighted by molar-refractivity contribution is 5.93. The molecule has 1 aliphatic heterocycles. The van der Waals surface area contributed by atoms with Crippen LogP contribution in [0.1, 0.15) is 6.42 Å². The number of aromatic amines is 1. The number of nitrogens with zero attached hydrogens (tertiary/aromatic N) is 7. The van der Waals surface area contributed by atoms with Crippen molar-refractivity contribution in [3.05, 3.63) is 49.1 Å². The first-order valence-corrected chi connectivity index (χ1v) is 9.84. The Morgan fingerprint density at radius 3 is 2.78 bits per heavy atom. The van der Waals surface area contributed by atoms with Gasteiger partial charge >= 0.3 is 6.18 Å². The second kappa shape index (κ2) is 7.42. The number of pyridine rings is 2. The van der Waals surface area contributed by atoms with Crippen LogP contribution in [0.3, 0.4) is 0 Å². The minimum atomic E-state index is -4.28. The van der Waals surface area contributed by atoms with Gasteiger partial charge in [-0.3, -0.25) is 19.7 Å². The Balaban J connectivity index is 1.53. The molecule has 4 aromatic rings. The molecule has 0 bridgehead atoms. The lowest BCUT2D eigenvalue weighted by Gasteiger charge is -2.49. The Morgan fingerprint density at radius 2 is 2.06 bits per heavy atom. The number of aromatic nitrogens is 6. The molecule has 5 heterocycles. The third-order valence-electron chi connectivity index (χ3n) is 5.56. The first-order valence-electron chi connectivity index (χ1n) is 9.84. The second-order valence-electron chi connectivity index (χ2n) is 7.88. The lowest BCUT2D eigenvalue weighted by Crippen LogP contribution is -2.64. The molecule has 0 radical (unpaired) electrons. The molecule has 1 aliphatic rings. The van der Waals surface area contributed by atoms with Crippen molar-refractivity contribution in [2.45, 2.75) is 18.1 Å². The largest absolute Gasteiger partial charge is 0.401 e. The van der Waals surface area contributed by atoms with Gasteiger partial charge in [0.1, 0.15) is 16.9 Å². The first kappa shape index (κ1) is 20.1. The standard InChI is InChI=1S/C21H17F3N8/c22-21(23,24)13-31-11-20(12-31,4-5-25)32-7-3-16(30-32)19-15-2-1-6-26-18(15)8-17(29-19)14-9-27-28-10-14/h1-3,6-10H,4,11-13H2,(H,27,28). The van der Waals surface area contributed by atoms with Crippen LogP contribution in [0, 0.1) is 11.3 Å². The summed E-state index contributed by atoms with van der Waals surface area (Å²) in [5.41, 5.74) is 2.55. The Kier molecular flexibility index (Phi) is 4.67. The van der Waals surface area contributed by atoms with Crippen molar-refractivity contribution in [1.29, 1.82) is 5.26 Å². The summed E-state index contributed by atoms with van der Waals surface area (Å²) in [5, 5.41) is 21.5. The molecule has 1 saturated heterocycles. The Bertz CT molecular complexity index is 1300. The fraction of sp³-hybridized carbons (Fsp3) is 0.286. The molecular weight excluding hydrogens is 421 g/mol. The van der Waals surface area contributed by atoms with Gasteiger partial charge in [0.2, 0.25) is 0 Å². The zero-order valence-corrected chi connectivity index (χ0v) is 16.7. The number of rotatable bonds is 5. The van der Waals surface area contributed by atoms with E-state index in [1.807, 2.05) is 12.1 Å². The number of H-pyrrole nitrogens is 1. The number of likely N-dealkylation sites (tertiary alicyclic amines) is 1. The summed E-state index contributed by atoms with van der Waals surface area (Å²) >= 11 is 0. The zero-order chi connectivity index (χ0) is 22.3. The van der Waals surface area contributed by atoms with Gasteiger partial charge in [-0.1, -0.05) is 0 Å². The predicted octanol–water partition coefficient (Wildman–Crippen LogP) is 3.37. The molecule has 162 valence electrons. The molecule has 0 atom stereocenters. The number of nitrogens with one attached hydrogen (secondary N) is 1. The smallest absolute Gasteiger partial charge is 0.290 e. The van der Waals surface area contributed by atoms with Crippen molar-refractivity contribution in [3.63, 3.8) is 0 Å². The van der Waals surface area contributed by atoms with Crippen LogP contribution in [0.25, 0.3) is 33.5 Å². The Labute approximate surface area is 180 Å². The van der Waals surface area contributed by atoms with Gasteiger partial charge in [0, 0.05) is 42.6 Å². The van der Waals surface area contributed by atoms with Crippen molar-refractivity contribution in [2.75, 3.05) is 19.6 Å². The van der Waals surface area contributed by atoms with Gasteiger partial charge in [0.15, 0.2) is 0 Å². The molecule has 8 nitrogen and oxygen atoms in total. The van der Waals surface area contributed by atoms with E-state index >= 15 is 0 Å². The van der Waals surface area contributed by atoms with E-state index in [1.165, 1.54) is 4.90 Å². The summed E-state index contributed by atoms with van der Waals surface area (Å²) in [6.07, 6.45) is 2.56. The van der Waals surface area contributed by atoms with Crippen LogP contribution in [-0.4, -0.2) is 60.7 Å². The summed E-state index contributed by atoms with van der Waals surface area (Å²) < 4.78 is 39.8. The molecule has 1 fully saturated rings. The molecule has 0 aromatic carbocycles. The fourth-order valence-corrected chi connectivity index (χ4v) is 4.16. The summed E-state index contributed by atoms with van der Waals surface area (Å²) in [6.45, 7) is -0.795. The highest BCUT2D eigenvalue weighted by Gasteiger charge is 2.48. The van der Waals surface area contributed by atoms with Gasteiger partial charge < -0.3 is 0 Å². The van der Waals surface area contributed by atoms with E-state index in [0.29, 0.717) is 17.1 Å². The van der Waals surface area contributed by atoms with Crippen LogP contribution in [0.15, 0.2) is 49.1 Å². The van der Waals surface area contributed by atoms with Crippen molar-refractivity contribution in [3.8, 4) is 28.7 Å². The van der Waals surface area contributed by atoms with Gasteiger partial charge in [-0.05, 0) is 24.3 Å². The summed E-state index contributed by atoms with van der Waals surface area (Å²) in [6, 6.07) is 9.41. The minimum Gasteiger partial charge on any atom is -0.290 e. The average molecular weight is 438 g/mol. The van der Waals surface area contributed by atoms with Crippen LogP contribution in [-0.2, 0) is 5.54 Å². The van der Waals surface area contributed by atoms with E-state index in [-0.39, 0.29) is 19.5 Å². The molecule has 1 N–H and O–H groups in total. The maximum Gasteiger partial charge on any atom is 0.401 e. The maximum atomic E-state index is 12.7. The molecular formula is C21H17F3N8. The maximum absolute atomic E-state index is 12.7. The minimum absolute atomic E-state index is 0.0628. The van der Waals surface area contributed by atoms with Crippen molar-refractivity contribution in [1.82, 2.24) is 34.8 Å². The second-order valence-corrected chi connectivity index (χ2v) is 7.88. The lowest BCUT2D eigenvalue weighted by atomic mass is 9.87. The van der Waals surface area contributed by atoms with E-state index < -0.39 is 18.3 Å². The zero-order valence-electron chi connectivity index (χ0n) is 16.7. The molecule has 0 aliphatic carbocycles. The van der Waals surface area contributed by atoms with E-state index in [4.69, 9.17) is 4.98 Å². The van der Waals surface area contributed by atoms with E-state index in [1.54, 1.807) is 41.6 Å². The highest BCUT2D eigenvalue weighted by atomic mass is 19.4. The van der Waals surface area contributed by atoms with Crippen LogP contribution in [0.4, 0.5) is 13.2 Å². The predicted molar refractivity (Wildman–Crippen MR) is 109 cm³/mol. The SMILES string of the molecule is N#CCC1(n2ccc(-c3nc(-c4cn[nH]c4)cc4ncccc34)n2)CN(CC(F)(F)F)C1. The van der Waals surface area contributed by atoms with Crippen molar-refractivity contribution in [2.24, 2.45) is 0 Å². The lowest BCUT2D eigenvalue weighted by molar-refractivity contribution is -0.167. The third-order valence-corrected chi connectivity index (χ3v) is 5.56. The van der Waals surface area contributed by atoms with E-state index in [2.05, 4.69) is 26.3 Å². The van der Waals surface area contributed by atoms with Crippen molar-refractivity contribution < 1.29 is 13.2 Å². The average Bonchev–Trinajstić information content (AvgIpc) is 3.43. The molecule has 0 spiro atoms. The number of hydrogen-bond donors (Lipinski definition) is 1. The molecule has 11 heteroatoms. The summed E-state index contributed by atoms with van der Waals surface area (Å²) in [4.78, 5) is 10.5. The van der Waals surface area contributed by atoms with E-state index in [9.17, 15) is 18.4 Å². The molecule has 0 amide bonds. The van der Waals surface area contributed by atoms with E-state index in [0.717, 1.165) is 16.5 Å². The van der Waals surface area contributed by atoms with Crippen LogP contribution >= 0.6 is 0 Å². The van der Waals surface area contributed by atoms with Gasteiger partial charge in [-0.25, -0.2) is 4.98 Å². The molecule has 5 rings (SSSR count). The van der Waals surface area contributed by atoms with Gasteiger partial charge in [0.25, 0.3) is 0 Å². The molecule has 4 aromatic heterocycles. The summed E-state index contributed by atoms with van der Waals surface area (Å²) in [5.74, 6) is 0. The molecule has 0 saturated carbocycles. The number of fused-ring (bicyclic) bond motifs is 1. The monoisotopic (exact) mass is 438 g/mol. The van der Waals surface area contributed by atoms with Gasteiger partial charge in [-0.15, -0.1) is 0 Å². The van der Waals surface area contributed by atoms with Gasteiger partial charge in [-0.2, -0.15) is 28.6 Å². The molecule has 0 unspecified atom stereocenters. The van der Waals surface area contributed by atoms with Crippen LogP contribution in [0.5, 0.6) is 0 Å². The number of nitriles is 1. The summed E-state index contributed by atoms with van der Waals surface area (Å²) in [7, 11) is 0. The van der Waals surface area contributed by atoms with Gasteiger partial charge in [0.05, 0.1) is 36.4 Å². The van der Waals surface area contributed by atoms with Crippen molar-refractivity contribution >= 4 is 10.9 Å². The topological polar surface area (TPSA) is 99.3 Å². The normalized spacial score (nSPS) is 16.1.